The number of aromatic nitrogens is 3. The first-order valence-electron chi connectivity index (χ1n) is 6.19. The Bertz CT molecular complexity index is 596. The average Bonchev–Trinajstić information content (AvgIpc) is 2.86. The van der Waals surface area contributed by atoms with Gasteiger partial charge in [-0.1, -0.05) is 18.2 Å². The van der Waals surface area contributed by atoms with Gasteiger partial charge in [0.05, 0.1) is 6.54 Å². The predicted molar refractivity (Wildman–Crippen MR) is 74.4 cm³/mol. The molecule has 0 radical (unpaired) electrons. The Morgan fingerprint density at radius 2 is 2.20 bits per heavy atom. The third kappa shape index (κ3) is 3.25. The molecule has 0 aliphatic heterocycles. The van der Waals surface area contributed by atoms with Gasteiger partial charge in [0.25, 0.3) is 5.91 Å². The van der Waals surface area contributed by atoms with Crippen LogP contribution in [0.1, 0.15) is 16.2 Å². The third-order valence-electron chi connectivity index (χ3n) is 2.83. The highest BCUT2D eigenvalue weighted by Crippen LogP contribution is 2.15. The molecule has 0 fully saturated rings. The van der Waals surface area contributed by atoms with Gasteiger partial charge < -0.3 is 15.4 Å². The normalized spacial score (nSPS) is 10.3. The van der Waals surface area contributed by atoms with Gasteiger partial charge in [0, 0.05) is 7.05 Å². The lowest BCUT2D eigenvalue weighted by Crippen LogP contribution is -2.31. The number of carbonyl (C=O) groups excluding carboxylic acids is 1. The van der Waals surface area contributed by atoms with Crippen molar-refractivity contribution in [2.24, 2.45) is 0 Å². The fourth-order valence-corrected chi connectivity index (χ4v) is 1.66. The predicted octanol–water partition coefficient (Wildman–Crippen LogP) is 0.846. The number of hydrogen-bond acceptors (Lipinski definition) is 5. The van der Waals surface area contributed by atoms with Gasteiger partial charge in [-0.15, -0.1) is 5.10 Å². The van der Waals surface area contributed by atoms with Crippen molar-refractivity contribution in [3.8, 4) is 5.75 Å². The molecule has 0 atom stereocenters. The molecule has 3 N–H and O–H groups in total. The quantitative estimate of drug-likeness (QED) is 0.843. The molecule has 0 unspecified atom stereocenters. The number of H-pyrrole nitrogens is 1. The second-order valence-electron chi connectivity index (χ2n) is 4.38. The number of nitrogens with two attached hydrogens (primary N) is 1. The number of likely N-dealkylation sites (N-methyl/N-ethyl adjacent to an activating group) is 1. The smallest absolute Gasteiger partial charge is 0.291 e. The zero-order valence-electron chi connectivity index (χ0n) is 11.5. The van der Waals surface area contributed by atoms with Crippen LogP contribution in [-0.2, 0) is 0 Å². The number of nitrogen functional groups attached to an aromatic ring is 1. The van der Waals surface area contributed by atoms with Crippen molar-refractivity contribution in [1.29, 1.82) is 0 Å². The summed E-state index contributed by atoms with van der Waals surface area (Å²) in [5, 5.41) is 6.11. The number of ether oxygens (including phenoxy) is 1. The summed E-state index contributed by atoms with van der Waals surface area (Å²) in [4.78, 5) is 17.2. The SMILES string of the molecule is Cc1ccccc1OCCN(C)C(=O)c1nc(N)n[nH]1. The van der Waals surface area contributed by atoms with E-state index in [1.54, 1.807) is 7.05 Å². The van der Waals surface area contributed by atoms with Crippen molar-refractivity contribution in [3.05, 3.63) is 35.7 Å². The highest BCUT2D eigenvalue weighted by Gasteiger charge is 2.15. The summed E-state index contributed by atoms with van der Waals surface area (Å²) in [6.07, 6.45) is 0. The minimum Gasteiger partial charge on any atom is -0.491 e. The molecule has 2 rings (SSSR count). The molecular formula is C13H17N5O2. The molecule has 1 amide bonds. The summed E-state index contributed by atoms with van der Waals surface area (Å²) in [7, 11) is 1.67. The Balaban J connectivity index is 1.85. The molecule has 0 aliphatic rings. The fraction of sp³-hybridized carbons (Fsp3) is 0.308. The number of rotatable bonds is 5. The molecule has 106 valence electrons. The van der Waals surface area contributed by atoms with Crippen molar-refractivity contribution in [2.45, 2.75) is 6.92 Å². The molecule has 0 saturated heterocycles. The van der Waals surface area contributed by atoms with Crippen LogP contribution in [0.5, 0.6) is 5.75 Å². The number of aryl methyl sites for hydroxylation is 1. The van der Waals surface area contributed by atoms with E-state index in [1.165, 1.54) is 4.90 Å². The Morgan fingerprint density at radius 3 is 2.85 bits per heavy atom. The van der Waals surface area contributed by atoms with Gasteiger partial charge >= 0.3 is 0 Å². The Morgan fingerprint density at radius 1 is 1.45 bits per heavy atom. The highest BCUT2D eigenvalue weighted by atomic mass is 16.5. The summed E-state index contributed by atoms with van der Waals surface area (Å²) in [5.74, 6) is 0.721. The lowest BCUT2D eigenvalue weighted by atomic mass is 10.2. The van der Waals surface area contributed by atoms with Crippen LogP contribution >= 0.6 is 0 Å². The number of anilines is 1. The summed E-state index contributed by atoms with van der Waals surface area (Å²) in [5.41, 5.74) is 6.42. The molecule has 7 heteroatoms. The molecular weight excluding hydrogens is 258 g/mol. The Labute approximate surface area is 116 Å². The van der Waals surface area contributed by atoms with Gasteiger partial charge in [-0.2, -0.15) is 4.98 Å². The summed E-state index contributed by atoms with van der Waals surface area (Å²) in [6.45, 7) is 2.81. The van der Waals surface area contributed by atoms with Crippen molar-refractivity contribution in [2.75, 3.05) is 25.9 Å². The Hall–Kier alpha value is -2.57. The standard InChI is InChI=1S/C13H17N5O2/c1-9-5-3-4-6-10(9)20-8-7-18(2)12(19)11-15-13(14)17-16-11/h3-6H,7-8H2,1-2H3,(H3,14,15,16,17). The third-order valence-corrected chi connectivity index (χ3v) is 2.83. The van der Waals surface area contributed by atoms with E-state index in [9.17, 15) is 4.79 Å². The van der Waals surface area contributed by atoms with Crippen molar-refractivity contribution >= 4 is 11.9 Å². The van der Waals surface area contributed by atoms with Gasteiger partial charge in [-0.05, 0) is 18.6 Å². The maximum Gasteiger partial charge on any atom is 0.291 e. The van der Waals surface area contributed by atoms with Gasteiger partial charge in [-0.25, -0.2) is 0 Å². The van der Waals surface area contributed by atoms with E-state index in [2.05, 4.69) is 15.2 Å². The van der Waals surface area contributed by atoms with Crippen LogP contribution in [0, 0.1) is 6.92 Å². The second kappa shape index (κ2) is 6.05. The van der Waals surface area contributed by atoms with Gasteiger partial charge in [0.2, 0.25) is 11.8 Å². The molecule has 1 heterocycles. The Kier molecular flexibility index (Phi) is 4.19. The van der Waals surface area contributed by atoms with Crippen LogP contribution in [0.2, 0.25) is 0 Å². The van der Waals surface area contributed by atoms with Crippen molar-refractivity contribution in [1.82, 2.24) is 20.1 Å². The molecule has 0 bridgehead atoms. The van der Waals surface area contributed by atoms with Crippen LogP contribution in [0.15, 0.2) is 24.3 Å². The molecule has 0 spiro atoms. The molecule has 0 aliphatic carbocycles. The number of nitrogens with one attached hydrogen (secondary N) is 1. The zero-order valence-corrected chi connectivity index (χ0v) is 11.5. The number of aromatic amines is 1. The summed E-state index contributed by atoms with van der Waals surface area (Å²) < 4.78 is 5.63. The zero-order chi connectivity index (χ0) is 14.5. The number of carbonyl (C=O) groups is 1. The van der Waals surface area contributed by atoms with Crippen LogP contribution in [0.4, 0.5) is 5.95 Å². The topological polar surface area (TPSA) is 97.1 Å². The van der Waals surface area contributed by atoms with E-state index in [0.29, 0.717) is 13.2 Å². The van der Waals surface area contributed by atoms with E-state index < -0.39 is 0 Å². The molecule has 0 saturated carbocycles. The summed E-state index contributed by atoms with van der Waals surface area (Å²) >= 11 is 0. The van der Waals surface area contributed by atoms with Crippen LogP contribution in [-0.4, -0.2) is 46.2 Å². The van der Waals surface area contributed by atoms with Crippen LogP contribution in [0.3, 0.4) is 0 Å². The minimum absolute atomic E-state index is 0.0536. The molecule has 2 aromatic rings. The largest absolute Gasteiger partial charge is 0.491 e. The summed E-state index contributed by atoms with van der Waals surface area (Å²) in [6, 6.07) is 7.73. The van der Waals surface area contributed by atoms with Gasteiger partial charge in [0.15, 0.2) is 0 Å². The number of para-hydroxylation sites is 1. The van der Waals surface area contributed by atoms with Crippen molar-refractivity contribution < 1.29 is 9.53 Å². The minimum atomic E-state index is -0.275. The lowest BCUT2D eigenvalue weighted by Gasteiger charge is -2.16. The monoisotopic (exact) mass is 275 g/mol. The average molecular weight is 275 g/mol. The number of benzene rings is 1. The fourth-order valence-electron chi connectivity index (χ4n) is 1.66. The highest BCUT2D eigenvalue weighted by molar-refractivity contribution is 5.90. The van der Waals surface area contributed by atoms with E-state index in [0.717, 1.165) is 11.3 Å². The maximum absolute atomic E-state index is 11.9. The first kappa shape index (κ1) is 13.9. The molecule has 20 heavy (non-hydrogen) atoms. The van der Waals surface area contributed by atoms with Crippen LogP contribution < -0.4 is 10.5 Å². The van der Waals surface area contributed by atoms with Gasteiger partial charge in [0.1, 0.15) is 12.4 Å². The maximum atomic E-state index is 11.9. The first-order chi connectivity index (χ1) is 9.58. The van der Waals surface area contributed by atoms with E-state index in [1.807, 2.05) is 31.2 Å². The molecule has 7 nitrogen and oxygen atoms in total. The number of hydrogen-bond donors (Lipinski definition) is 2. The van der Waals surface area contributed by atoms with Gasteiger partial charge in [-0.3, -0.25) is 9.89 Å². The lowest BCUT2D eigenvalue weighted by molar-refractivity contribution is 0.0762. The van der Waals surface area contributed by atoms with Crippen molar-refractivity contribution in [3.63, 3.8) is 0 Å². The van der Waals surface area contributed by atoms with Crippen LogP contribution in [0.25, 0.3) is 0 Å². The number of nitrogens with zero attached hydrogens (tertiary/aromatic N) is 3. The second-order valence-corrected chi connectivity index (χ2v) is 4.38. The van der Waals surface area contributed by atoms with E-state index in [4.69, 9.17) is 10.5 Å². The number of amides is 1. The first-order valence-corrected chi connectivity index (χ1v) is 6.19. The van der Waals surface area contributed by atoms with E-state index in [-0.39, 0.29) is 17.7 Å². The molecule has 1 aromatic heterocycles. The molecule has 1 aromatic carbocycles. The van der Waals surface area contributed by atoms with E-state index >= 15 is 0 Å².